The average Bonchev–Trinajstić information content (AvgIpc) is 3.29. The molecule has 0 saturated heterocycles. The molecular formula is C23H23N5. The van der Waals surface area contributed by atoms with Crippen molar-refractivity contribution in [2.45, 2.75) is 27.7 Å². The van der Waals surface area contributed by atoms with Crippen LogP contribution in [0.3, 0.4) is 0 Å². The van der Waals surface area contributed by atoms with Crippen LogP contribution in [-0.2, 0) is 7.05 Å². The first-order chi connectivity index (χ1) is 13.5. The molecule has 5 heteroatoms. The number of rotatable bonds is 2. The van der Waals surface area contributed by atoms with Crippen molar-refractivity contribution in [3.8, 4) is 22.3 Å². The second-order valence-corrected chi connectivity index (χ2v) is 7.64. The van der Waals surface area contributed by atoms with E-state index in [9.17, 15) is 0 Å². The van der Waals surface area contributed by atoms with Crippen LogP contribution in [0.4, 0.5) is 0 Å². The number of nitrogens with one attached hydrogen (secondary N) is 2. The first-order valence-electron chi connectivity index (χ1n) is 9.51. The van der Waals surface area contributed by atoms with Crippen molar-refractivity contribution in [1.82, 2.24) is 25.0 Å². The Bertz CT molecular complexity index is 1220. The number of fused-ring (bicyclic) bond motifs is 3. The van der Waals surface area contributed by atoms with Crippen molar-refractivity contribution in [2.75, 3.05) is 0 Å². The minimum absolute atomic E-state index is 1.03. The molecule has 0 amide bonds. The quantitative estimate of drug-likeness (QED) is 0.441. The van der Waals surface area contributed by atoms with Gasteiger partial charge in [-0.3, -0.25) is 10.2 Å². The zero-order valence-electron chi connectivity index (χ0n) is 16.8. The Labute approximate surface area is 163 Å². The third kappa shape index (κ3) is 2.26. The fraction of sp³-hybridized carbons (Fsp3) is 0.217. The van der Waals surface area contributed by atoms with Crippen molar-refractivity contribution < 1.29 is 0 Å². The Kier molecular flexibility index (Phi) is 3.50. The van der Waals surface area contributed by atoms with Crippen LogP contribution in [0.2, 0.25) is 0 Å². The molecule has 0 unspecified atom stereocenters. The van der Waals surface area contributed by atoms with Crippen LogP contribution in [0.25, 0.3) is 44.1 Å². The summed E-state index contributed by atoms with van der Waals surface area (Å²) in [5.74, 6) is 0. The molecule has 2 aromatic carbocycles. The van der Waals surface area contributed by atoms with Crippen molar-refractivity contribution in [2.24, 2.45) is 7.05 Å². The van der Waals surface area contributed by atoms with Crippen molar-refractivity contribution in [3.63, 3.8) is 0 Å². The van der Waals surface area contributed by atoms with Gasteiger partial charge in [-0.1, -0.05) is 12.1 Å². The maximum atomic E-state index is 4.37. The Morgan fingerprint density at radius 1 is 0.679 bits per heavy atom. The molecule has 0 fully saturated rings. The van der Waals surface area contributed by atoms with E-state index in [2.05, 4.69) is 96.1 Å². The molecule has 28 heavy (non-hydrogen) atoms. The number of nitrogens with zero attached hydrogens (tertiary/aromatic N) is 3. The van der Waals surface area contributed by atoms with Crippen molar-refractivity contribution >= 4 is 21.8 Å². The minimum atomic E-state index is 1.03. The zero-order chi connectivity index (χ0) is 19.6. The molecule has 0 spiro atoms. The van der Waals surface area contributed by atoms with E-state index in [1.165, 1.54) is 44.1 Å². The highest BCUT2D eigenvalue weighted by molar-refractivity contribution is 6.10. The fourth-order valence-electron chi connectivity index (χ4n) is 4.48. The van der Waals surface area contributed by atoms with Gasteiger partial charge >= 0.3 is 0 Å². The molecule has 0 aliphatic heterocycles. The lowest BCUT2D eigenvalue weighted by molar-refractivity contribution is 1.01. The monoisotopic (exact) mass is 369 g/mol. The molecule has 0 saturated carbocycles. The highest BCUT2D eigenvalue weighted by Crippen LogP contribution is 2.36. The second kappa shape index (κ2) is 5.83. The molecule has 3 heterocycles. The van der Waals surface area contributed by atoms with Gasteiger partial charge < -0.3 is 4.57 Å². The van der Waals surface area contributed by atoms with E-state index < -0.39 is 0 Å². The van der Waals surface area contributed by atoms with Crippen molar-refractivity contribution in [1.29, 1.82) is 0 Å². The maximum Gasteiger partial charge on any atom is 0.0672 e. The van der Waals surface area contributed by atoms with E-state index in [-0.39, 0.29) is 0 Å². The van der Waals surface area contributed by atoms with Gasteiger partial charge in [0.1, 0.15) is 0 Å². The lowest BCUT2D eigenvalue weighted by Gasteiger charge is -2.04. The maximum absolute atomic E-state index is 4.37. The van der Waals surface area contributed by atoms with Crippen LogP contribution in [0.1, 0.15) is 22.8 Å². The van der Waals surface area contributed by atoms with E-state index in [1.54, 1.807) is 0 Å². The Hall–Kier alpha value is -3.34. The SMILES string of the molecule is Cc1n[nH]c(C)c1-c1ccc2c(c1)c1cc(-c3c(C)n[nH]c3C)ccc1n2C. The van der Waals surface area contributed by atoms with Gasteiger partial charge in [0.05, 0.1) is 11.4 Å². The first-order valence-corrected chi connectivity index (χ1v) is 9.51. The molecule has 5 nitrogen and oxygen atoms in total. The molecule has 140 valence electrons. The Balaban J connectivity index is 1.81. The highest BCUT2D eigenvalue weighted by atomic mass is 15.1. The van der Waals surface area contributed by atoms with Gasteiger partial charge in [0.15, 0.2) is 0 Å². The average molecular weight is 369 g/mol. The normalized spacial score (nSPS) is 11.8. The summed E-state index contributed by atoms with van der Waals surface area (Å²) in [6.07, 6.45) is 0. The molecular weight excluding hydrogens is 346 g/mol. The van der Waals surface area contributed by atoms with E-state index in [4.69, 9.17) is 0 Å². The predicted molar refractivity (Wildman–Crippen MR) is 115 cm³/mol. The van der Waals surface area contributed by atoms with E-state index in [1.807, 2.05) is 0 Å². The van der Waals surface area contributed by atoms with Crippen LogP contribution < -0.4 is 0 Å². The highest BCUT2D eigenvalue weighted by Gasteiger charge is 2.15. The second-order valence-electron chi connectivity index (χ2n) is 7.64. The number of hydrogen-bond donors (Lipinski definition) is 2. The summed E-state index contributed by atoms with van der Waals surface area (Å²) < 4.78 is 2.27. The summed E-state index contributed by atoms with van der Waals surface area (Å²) >= 11 is 0. The summed E-state index contributed by atoms with van der Waals surface area (Å²) in [6, 6.07) is 13.4. The topological polar surface area (TPSA) is 62.3 Å². The number of H-pyrrole nitrogens is 2. The summed E-state index contributed by atoms with van der Waals surface area (Å²) in [5.41, 5.74) is 11.5. The van der Waals surface area contributed by atoms with Gasteiger partial charge in [0, 0.05) is 51.4 Å². The molecule has 2 N–H and O–H groups in total. The molecule has 5 aromatic rings. The van der Waals surface area contributed by atoms with Gasteiger partial charge in [0.25, 0.3) is 0 Å². The zero-order valence-corrected chi connectivity index (χ0v) is 16.8. The number of benzene rings is 2. The van der Waals surface area contributed by atoms with Crippen LogP contribution in [0.15, 0.2) is 36.4 Å². The van der Waals surface area contributed by atoms with Gasteiger partial charge in [0.2, 0.25) is 0 Å². The molecule has 0 atom stereocenters. The smallest absolute Gasteiger partial charge is 0.0672 e. The van der Waals surface area contributed by atoms with Gasteiger partial charge in [-0.05, 0) is 63.1 Å². The van der Waals surface area contributed by atoms with Crippen molar-refractivity contribution in [3.05, 3.63) is 59.2 Å². The third-order valence-electron chi connectivity index (χ3n) is 5.84. The summed E-state index contributed by atoms with van der Waals surface area (Å²) in [4.78, 5) is 0. The van der Waals surface area contributed by atoms with Gasteiger partial charge in [-0.2, -0.15) is 10.2 Å². The number of hydrogen-bond acceptors (Lipinski definition) is 2. The van der Waals surface area contributed by atoms with Crippen LogP contribution in [0.5, 0.6) is 0 Å². The standard InChI is InChI=1S/C23H23N5/c1-12-22(13(2)25-24-12)16-6-8-20-18(10-16)19-11-17(7-9-21(19)28(20)5)23-14(3)26-27-15(23)4/h6-11H,1-5H3,(H,24,25)(H,26,27). The largest absolute Gasteiger partial charge is 0.344 e. The number of aryl methyl sites for hydroxylation is 5. The molecule has 0 aliphatic carbocycles. The van der Waals surface area contributed by atoms with Crippen LogP contribution in [-0.4, -0.2) is 25.0 Å². The first kappa shape index (κ1) is 16.8. The van der Waals surface area contributed by atoms with E-state index in [0.29, 0.717) is 0 Å². The molecule has 5 rings (SSSR count). The summed E-state index contributed by atoms with van der Waals surface area (Å²) in [5, 5.41) is 17.5. The Morgan fingerprint density at radius 3 is 1.46 bits per heavy atom. The van der Waals surface area contributed by atoms with Crippen LogP contribution in [0, 0.1) is 27.7 Å². The molecule has 0 radical (unpaired) electrons. The number of aromatic amines is 2. The molecule has 0 aliphatic rings. The van der Waals surface area contributed by atoms with E-state index in [0.717, 1.165) is 22.8 Å². The lowest BCUT2D eigenvalue weighted by atomic mass is 9.99. The van der Waals surface area contributed by atoms with E-state index >= 15 is 0 Å². The third-order valence-corrected chi connectivity index (χ3v) is 5.84. The van der Waals surface area contributed by atoms with Gasteiger partial charge in [-0.15, -0.1) is 0 Å². The Morgan fingerprint density at radius 2 is 1.11 bits per heavy atom. The number of aromatic nitrogens is 5. The van der Waals surface area contributed by atoms with Crippen LogP contribution >= 0.6 is 0 Å². The molecule has 3 aromatic heterocycles. The fourth-order valence-corrected chi connectivity index (χ4v) is 4.48. The lowest BCUT2D eigenvalue weighted by Crippen LogP contribution is -1.87. The van der Waals surface area contributed by atoms with Gasteiger partial charge in [-0.25, -0.2) is 0 Å². The molecule has 0 bridgehead atoms. The summed E-state index contributed by atoms with van der Waals surface area (Å²) in [6.45, 7) is 8.25. The predicted octanol–water partition coefficient (Wildman–Crippen LogP) is 5.35. The summed E-state index contributed by atoms with van der Waals surface area (Å²) in [7, 11) is 2.13. The minimum Gasteiger partial charge on any atom is -0.344 e.